The van der Waals surface area contributed by atoms with Crippen molar-refractivity contribution in [1.82, 2.24) is 5.32 Å². The van der Waals surface area contributed by atoms with Crippen molar-refractivity contribution < 1.29 is 0 Å². The maximum Gasteiger partial charge on any atom is 0.0126 e. The van der Waals surface area contributed by atoms with Crippen molar-refractivity contribution in [3.8, 4) is 0 Å². The molecule has 1 nitrogen and oxygen atoms in total. The predicted molar refractivity (Wildman–Crippen MR) is 75.3 cm³/mol. The highest BCUT2D eigenvalue weighted by Crippen LogP contribution is 2.71. The average molecular weight is 247 g/mol. The molecule has 102 valence electrons. The van der Waals surface area contributed by atoms with Crippen LogP contribution in [0.3, 0.4) is 0 Å². The van der Waals surface area contributed by atoms with Gasteiger partial charge < -0.3 is 5.32 Å². The van der Waals surface area contributed by atoms with Gasteiger partial charge in [-0.3, -0.25) is 0 Å². The zero-order chi connectivity index (χ0) is 12.3. The van der Waals surface area contributed by atoms with Crippen LogP contribution >= 0.6 is 0 Å². The Labute approximate surface area is 112 Å². The lowest BCUT2D eigenvalue weighted by Gasteiger charge is -2.34. The molecule has 1 heteroatoms. The zero-order valence-corrected chi connectivity index (χ0v) is 12.1. The molecule has 0 aromatic heterocycles. The Hall–Kier alpha value is -0.0400. The lowest BCUT2D eigenvalue weighted by Crippen LogP contribution is -2.39. The van der Waals surface area contributed by atoms with E-state index in [4.69, 9.17) is 0 Å². The van der Waals surface area contributed by atoms with E-state index < -0.39 is 0 Å². The highest BCUT2D eigenvalue weighted by atomic mass is 14.9. The van der Waals surface area contributed by atoms with E-state index in [2.05, 4.69) is 19.3 Å². The van der Waals surface area contributed by atoms with Gasteiger partial charge in [0.25, 0.3) is 0 Å². The first-order valence-corrected chi connectivity index (χ1v) is 8.47. The van der Waals surface area contributed by atoms with E-state index in [0.29, 0.717) is 0 Å². The lowest BCUT2D eigenvalue weighted by atomic mass is 9.76. The highest BCUT2D eigenvalue weighted by molar-refractivity contribution is 5.16. The van der Waals surface area contributed by atoms with Crippen molar-refractivity contribution in [1.29, 1.82) is 0 Å². The molecule has 1 N–H and O–H groups in total. The number of fused-ring (bicyclic) bond motifs is 5. The van der Waals surface area contributed by atoms with E-state index in [9.17, 15) is 0 Å². The first-order valence-electron chi connectivity index (χ1n) is 8.47. The minimum atomic E-state index is 0.871. The summed E-state index contributed by atoms with van der Waals surface area (Å²) in [5.74, 6) is 7.67. The summed E-state index contributed by atoms with van der Waals surface area (Å²) in [6.07, 6.45) is 10.7. The van der Waals surface area contributed by atoms with Crippen molar-refractivity contribution in [3.63, 3.8) is 0 Å². The molecule has 18 heavy (non-hydrogen) atoms. The van der Waals surface area contributed by atoms with Gasteiger partial charge in [0.15, 0.2) is 0 Å². The van der Waals surface area contributed by atoms with Gasteiger partial charge in [-0.1, -0.05) is 19.8 Å². The highest BCUT2D eigenvalue weighted by Gasteiger charge is 2.67. The molecular formula is C17H29N. The Morgan fingerprint density at radius 3 is 2.06 bits per heavy atom. The van der Waals surface area contributed by atoms with Crippen molar-refractivity contribution in [3.05, 3.63) is 0 Å². The van der Waals surface area contributed by atoms with Crippen LogP contribution in [0.2, 0.25) is 0 Å². The van der Waals surface area contributed by atoms with Crippen molar-refractivity contribution in [2.45, 2.75) is 57.9 Å². The monoisotopic (exact) mass is 247 g/mol. The fraction of sp³-hybridized carbons (Fsp3) is 1.00. The number of hydrogen-bond acceptors (Lipinski definition) is 1. The van der Waals surface area contributed by atoms with Gasteiger partial charge in [0, 0.05) is 6.04 Å². The van der Waals surface area contributed by atoms with E-state index in [1.807, 2.05) is 0 Å². The molecule has 4 saturated carbocycles. The van der Waals surface area contributed by atoms with Crippen molar-refractivity contribution in [2.24, 2.45) is 41.4 Å². The first kappa shape index (κ1) is 11.8. The second-order valence-corrected chi connectivity index (χ2v) is 7.90. The molecule has 5 unspecified atom stereocenters. The minimum Gasteiger partial charge on any atom is -0.316 e. The normalized spacial score (nSPS) is 55.3. The summed E-state index contributed by atoms with van der Waals surface area (Å²) in [6.45, 7) is 2.44. The van der Waals surface area contributed by atoms with Crippen LogP contribution in [0.4, 0.5) is 0 Å². The molecule has 2 bridgehead atoms. The topological polar surface area (TPSA) is 12.0 Å². The molecule has 4 aliphatic rings. The standard InChI is InChI=1S/C17H29N/c1-10-3-5-11(6-4-10)17(18-2)16-14-12-7-8-13(9-12)15(14)16/h10-18H,3-9H2,1-2H3. The summed E-state index contributed by atoms with van der Waals surface area (Å²) in [5.41, 5.74) is 0. The second-order valence-electron chi connectivity index (χ2n) is 7.90. The summed E-state index contributed by atoms with van der Waals surface area (Å²) < 4.78 is 0. The number of nitrogens with one attached hydrogen (secondary N) is 1. The summed E-state index contributed by atoms with van der Waals surface area (Å²) in [7, 11) is 2.23. The largest absolute Gasteiger partial charge is 0.316 e. The van der Waals surface area contributed by atoms with Crippen molar-refractivity contribution >= 4 is 0 Å². The first-order chi connectivity index (χ1) is 8.79. The van der Waals surface area contributed by atoms with E-state index in [1.54, 1.807) is 19.3 Å². The molecule has 4 aliphatic carbocycles. The fourth-order valence-electron chi connectivity index (χ4n) is 6.26. The molecule has 0 amide bonds. The third-order valence-electron chi connectivity index (χ3n) is 7.11. The molecular weight excluding hydrogens is 218 g/mol. The molecule has 0 aromatic rings. The van der Waals surface area contributed by atoms with Gasteiger partial charge in [-0.25, -0.2) is 0 Å². The van der Waals surface area contributed by atoms with Gasteiger partial charge in [0.1, 0.15) is 0 Å². The van der Waals surface area contributed by atoms with Crippen LogP contribution in [-0.2, 0) is 0 Å². The molecule has 4 rings (SSSR count). The van der Waals surface area contributed by atoms with Gasteiger partial charge in [-0.2, -0.15) is 0 Å². The Kier molecular flexibility index (Phi) is 2.76. The van der Waals surface area contributed by atoms with Gasteiger partial charge >= 0.3 is 0 Å². The maximum atomic E-state index is 3.75. The third kappa shape index (κ3) is 1.62. The molecule has 4 fully saturated rings. The molecule has 0 radical (unpaired) electrons. The zero-order valence-electron chi connectivity index (χ0n) is 12.1. The number of hydrogen-bond donors (Lipinski definition) is 1. The molecule has 0 aliphatic heterocycles. The van der Waals surface area contributed by atoms with Gasteiger partial charge in [0.05, 0.1) is 0 Å². The summed E-state index contributed by atoms with van der Waals surface area (Å²) in [4.78, 5) is 0. The summed E-state index contributed by atoms with van der Waals surface area (Å²) in [6, 6.07) is 0.871. The molecule has 0 spiro atoms. The molecule has 0 saturated heterocycles. The SMILES string of the molecule is CNC(C1CCC(C)CC1)C1C2C3CCC(C3)C21. The van der Waals surface area contributed by atoms with Crippen LogP contribution in [0.1, 0.15) is 51.9 Å². The van der Waals surface area contributed by atoms with Crippen molar-refractivity contribution in [2.75, 3.05) is 7.05 Å². The Balaban J connectivity index is 1.44. The van der Waals surface area contributed by atoms with Crippen LogP contribution in [-0.4, -0.2) is 13.1 Å². The van der Waals surface area contributed by atoms with E-state index >= 15 is 0 Å². The van der Waals surface area contributed by atoms with E-state index in [-0.39, 0.29) is 0 Å². The Morgan fingerprint density at radius 1 is 0.889 bits per heavy atom. The molecule has 0 aromatic carbocycles. The summed E-state index contributed by atoms with van der Waals surface area (Å²) in [5, 5.41) is 3.75. The Morgan fingerprint density at radius 2 is 1.50 bits per heavy atom. The predicted octanol–water partition coefficient (Wildman–Crippen LogP) is 3.69. The van der Waals surface area contributed by atoms with Crippen LogP contribution in [0.25, 0.3) is 0 Å². The second kappa shape index (κ2) is 4.23. The third-order valence-corrected chi connectivity index (χ3v) is 7.11. The lowest BCUT2D eigenvalue weighted by molar-refractivity contribution is 0.203. The Bertz CT molecular complexity index is 302. The molecule has 0 heterocycles. The van der Waals surface area contributed by atoms with Crippen LogP contribution in [0, 0.1) is 41.4 Å². The molecule has 5 atom stereocenters. The van der Waals surface area contributed by atoms with Gasteiger partial charge in [0.2, 0.25) is 0 Å². The average Bonchev–Trinajstić information content (AvgIpc) is 2.81. The smallest absolute Gasteiger partial charge is 0.0126 e. The minimum absolute atomic E-state index is 0.871. The van der Waals surface area contributed by atoms with Crippen LogP contribution in [0.5, 0.6) is 0 Å². The fourth-order valence-corrected chi connectivity index (χ4v) is 6.26. The van der Waals surface area contributed by atoms with E-state index in [0.717, 1.165) is 47.5 Å². The van der Waals surface area contributed by atoms with Crippen LogP contribution in [0.15, 0.2) is 0 Å². The maximum absolute atomic E-state index is 3.75. The van der Waals surface area contributed by atoms with Crippen LogP contribution < -0.4 is 5.32 Å². The van der Waals surface area contributed by atoms with E-state index in [1.165, 1.54) is 25.7 Å². The number of rotatable bonds is 3. The van der Waals surface area contributed by atoms with Gasteiger partial charge in [-0.15, -0.1) is 0 Å². The quantitative estimate of drug-likeness (QED) is 0.802. The van der Waals surface area contributed by atoms with Gasteiger partial charge in [-0.05, 0) is 80.6 Å². The summed E-state index contributed by atoms with van der Waals surface area (Å²) >= 11 is 0.